The Morgan fingerprint density at radius 2 is 2.12 bits per heavy atom. The minimum absolute atomic E-state index is 0.140. The maximum atomic E-state index is 13.3. The molecule has 25 heavy (non-hydrogen) atoms. The topological polar surface area (TPSA) is 55.8 Å². The lowest BCUT2D eigenvalue weighted by Crippen LogP contribution is -2.70. The lowest BCUT2D eigenvalue weighted by atomic mass is 9.61. The van der Waals surface area contributed by atoms with E-state index in [2.05, 4.69) is 0 Å². The summed E-state index contributed by atoms with van der Waals surface area (Å²) in [7, 11) is 0. The third-order valence-corrected chi connectivity index (χ3v) is 6.08. The van der Waals surface area contributed by atoms with E-state index in [1.54, 1.807) is 6.92 Å². The number of rotatable bonds is 3. The molecular weight excluding hydrogens is 318 g/mol. The van der Waals surface area contributed by atoms with Gasteiger partial charge in [-0.1, -0.05) is 24.6 Å². The monoisotopic (exact) mass is 343 g/mol. The van der Waals surface area contributed by atoms with Gasteiger partial charge in [-0.15, -0.1) is 0 Å². The molecule has 1 aromatic rings. The van der Waals surface area contributed by atoms with Crippen molar-refractivity contribution in [2.75, 3.05) is 13.2 Å². The number of nitrogens with zero attached hydrogens (tertiary/aromatic N) is 1. The standard InChI is InChI=1S/C20H25NO4/c1-3-21-18(22)17(19(23)24-4-2)16-13-9-5-6-11-15(13)25-20(21)12-8-7-10-14(16)20/h5-6,9,11,14,16-17H,3-4,7-8,10,12H2,1-2H3/t14-,16-,17+,20+/m1/s1. The summed E-state index contributed by atoms with van der Waals surface area (Å²) in [6.45, 7) is 4.58. The molecule has 3 aliphatic rings. The van der Waals surface area contributed by atoms with E-state index in [4.69, 9.17) is 9.47 Å². The summed E-state index contributed by atoms with van der Waals surface area (Å²) in [6, 6.07) is 7.86. The van der Waals surface area contributed by atoms with Crippen molar-refractivity contribution in [3.63, 3.8) is 0 Å². The van der Waals surface area contributed by atoms with Crippen LogP contribution in [0.2, 0.25) is 0 Å². The Morgan fingerprint density at radius 1 is 1.32 bits per heavy atom. The van der Waals surface area contributed by atoms with E-state index in [-0.39, 0.29) is 24.3 Å². The van der Waals surface area contributed by atoms with E-state index in [9.17, 15) is 9.59 Å². The minimum Gasteiger partial charge on any atom is -0.467 e. The van der Waals surface area contributed by atoms with Crippen molar-refractivity contribution < 1.29 is 19.1 Å². The molecule has 0 N–H and O–H groups in total. The van der Waals surface area contributed by atoms with Crippen LogP contribution in [0.5, 0.6) is 5.75 Å². The first-order valence-corrected chi connectivity index (χ1v) is 9.40. The van der Waals surface area contributed by atoms with Crippen LogP contribution in [0, 0.1) is 11.8 Å². The molecule has 1 amide bonds. The molecule has 1 saturated carbocycles. The second-order valence-electron chi connectivity index (χ2n) is 7.17. The Balaban J connectivity index is 1.90. The summed E-state index contributed by atoms with van der Waals surface area (Å²) in [5.41, 5.74) is 0.374. The molecule has 1 saturated heterocycles. The summed E-state index contributed by atoms with van der Waals surface area (Å²) in [5.74, 6) is -0.500. The number of benzene rings is 1. The normalized spacial score (nSPS) is 33.1. The Bertz CT molecular complexity index is 703. The molecule has 0 unspecified atom stereocenters. The summed E-state index contributed by atoms with van der Waals surface area (Å²) in [4.78, 5) is 27.8. The van der Waals surface area contributed by atoms with Gasteiger partial charge in [0.25, 0.3) is 0 Å². The number of ether oxygens (including phenoxy) is 2. The maximum absolute atomic E-state index is 13.3. The summed E-state index contributed by atoms with van der Waals surface area (Å²) >= 11 is 0. The van der Waals surface area contributed by atoms with Crippen molar-refractivity contribution in [1.29, 1.82) is 0 Å². The Morgan fingerprint density at radius 3 is 2.88 bits per heavy atom. The summed E-state index contributed by atoms with van der Waals surface area (Å²) in [5, 5.41) is 0. The molecule has 5 nitrogen and oxygen atoms in total. The van der Waals surface area contributed by atoms with Crippen molar-refractivity contribution in [3.05, 3.63) is 29.8 Å². The van der Waals surface area contributed by atoms with Gasteiger partial charge in [0.15, 0.2) is 5.72 Å². The van der Waals surface area contributed by atoms with Crippen LogP contribution in [0.3, 0.4) is 0 Å². The quantitative estimate of drug-likeness (QED) is 0.625. The number of piperidine rings is 1. The number of hydrogen-bond acceptors (Lipinski definition) is 4. The van der Waals surface area contributed by atoms with Crippen molar-refractivity contribution in [3.8, 4) is 5.75 Å². The Hall–Kier alpha value is -2.04. The van der Waals surface area contributed by atoms with Crippen LogP contribution >= 0.6 is 0 Å². The van der Waals surface area contributed by atoms with Crippen LogP contribution in [-0.2, 0) is 14.3 Å². The van der Waals surface area contributed by atoms with E-state index in [0.29, 0.717) is 6.54 Å². The van der Waals surface area contributed by atoms with Gasteiger partial charge in [0.05, 0.1) is 6.61 Å². The fraction of sp³-hybridized carbons (Fsp3) is 0.600. The van der Waals surface area contributed by atoms with Crippen molar-refractivity contribution >= 4 is 11.9 Å². The van der Waals surface area contributed by atoms with Crippen molar-refractivity contribution in [2.45, 2.75) is 51.2 Å². The summed E-state index contributed by atoms with van der Waals surface area (Å²) in [6.07, 6.45) is 3.95. The van der Waals surface area contributed by atoms with Gasteiger partial charge in [0, 0.05) is 24.8 Å². The number of amides is 1. The first-order chi connectivity index (χ1) is 12.1. The Kier molecular flexibility index (Phi) is 3.97. The molecule has 2 bridgehead atoms. The van der Waals surface area contributed by atoms with Gasteiger partial charge in [-0.2, -0.15) is 0 Å². The fourth-order valence-corrected chi connectivity index (χ4v) is 5.21. The number of fused-ring (bicyclic) bond motifs is 2. The van der Waals surface area contributed by atoms with E-state index < -0.39 is 17.6 Å². The lowest BCUT2D eigenvalue weighted by Gasteiger charge is -2.60. The van der Waals surface area contributed by atoms with Gasteiger partial charge in [-0.25, -0.2) is 0 Å². The second-order valence-corrected chi connectivity index (χ2v) is 7.17. The Labute approximate surface area is 148 Å². The molecule has 134 valence electrons. The molecule has 0 spiro atoms. The van der Waals surface area contributed by atoms with Gasteiger partial charge in [-0.05, 0) is 38.3 Å². The van der Waals surface area contributed by atoms with E-state index in [0.717, 1.165) is 37.0 Å². The molecule has 2 aliphatic heterocycles. The predicted molar refractivity (Wildman–Crippen MR) is 92.0 cm³/mol. The third kappa shape index (κ3) is 2.21. The first kappa shape index (κ1) is 16.4. The average Bonchev–Trinajstić information content (AvgIpc) is 2.61. The van der Waals surface area contributed by atoms with Crippen LogP contribution in [0.25, 0.3) is 0 Å². The molecule has 1 aliphatic carbocycles. The summed E-state index contributed by atoms with van der Waals surface area (Å²) < 4.78 is 11.8. The smallest absolute Gasteiger partial charge is 0.319 e. The number of hydrogen-bond donors (Lipinski definition) is 0. The zero-order chi connectivity index (χ0) is 17.6. The number of carbonyl (C=O) groups excluding carboxylic acids is 2. The molecule has 0 radical (unpaired) electrons. The highest BCUT2D eigenvalue weighted by Crippen LogP contribution is 2.58. The molecule has 2 heterocycles. The highest BCUT2D eigenvalue weighted by molar-refractivity contribution is 6.00. The van der Waals surface area contributed by atoms with E-state index in [1.807, 2.05) is 36.1 Å². The van der Waals surface area contributed by atoms with Gasteiger partial charge in [0.2, 0.25) is 5.91 Å². The molecule has 1 aromatic carbocycles. The largest absolute Gasteiger partial charge is 0.467 e. The zero-order valence-electron chi connectivity index (χ0n) is 14.9. The van der Waals surface area contributed by atoms with Crippen molar-refractivity contribution in [1.82, 2.24) is 4.90 Å². The average molecular weight is 343 g/mol. The van der Waals surface area contributed by atoms with Gasteiger partial charge in [-0.3, -0.25) is 9.59 Å². The number of para-hydroxylation sites is 1. The minimum atomic E-state index is -0.763. The maximum Gasteiger partial charge on any atom is 0.319 e. The molecule has 4 rings (SSSR count). The highest BCUT2D eigenvalue weighted by Gasteiger charge is 2.64. The van der Waals surface area contributed by atoms with Crippen LogP contribution in [-0.4, -0.2) is 35.7 Å². The van der Waals surface area contributed by atoms with Gasteiger partial charge in [0.1, 0.15) is 11.7 Å². The number of esters is 1. The van der Waals surface area contributed by atoms with Crippen LogP contribution in [0.4, 0.5) is 0 Å². The number of carbonyl (C=O) groups is 2. The number of likely N-dealkylation sites (tertiary alicyclic amines) is 1. The molecule has 0 aromatic heterocycles. The molecule has 2 fully saturated rings. The fourth-order valence-electron chi connectivity index (χ4n) is 5.21. The van der Waals surface area contributed by atoms with Crippen molar-refractivity contribution in [2.24, 2.45) is 11.8 Å². The SMILES string of the molecule is CCOC(=O)[C@@H]1C(=O)N(CC)[C@]23CCCC[C@@H]2[C@H]1c1ccccc1O3. The van der Waals surface area contributed by atoms with Crippen LogP contribution < -0.4 is 4.74 Å². The van der Waals surface area contributed by atoms with Crippen LogP contribution in [0.15, 0.2) is 24.3 Å². The highest BCUT2D eigenvalue weighted by atomic mass is 16.5. The third-order valence-electron chi connectivity index (χ3n) is 6.08. The first-order valence-electron chi connectivity index (χ1n) is 9.40. The molecule has 4 atom stereocenters. The van der Waals surface area contributed by atoms with Gasteiger partial charge < -0.3 is 14.4 Å². The second kappa shape index (κ2) is 6.04. The van der Waals surface area contributed by atoms with E-state index >= 15 is 0 Å². The molecular formula is C20H25NO4. The van der Waals surface area contributed by atoms with Gasteiger partial charge >= 0.3 is 5.97 Å². The predicted octanol–water partition coefficient (Wildman–Crippen LogP) is 3.09. The van der Waals surface area contributed by atoms with Crippen LogP contribution in [0.1, 0.15) is 51.0 Å². The lowest BCUT2D eigenvalue weighted by molar-refractivity contribution is -0.210. The molecule has 5 heteroatoms. The van der Waals surface area contributed by atoms with E-state index in [1.165, 1.54) is 0 Å². The zero-order valence-corrected chi connectivity index (χ0v) is 14.9.